The largest absolute Gasteiger partial charge is 0.487 e. The lowest BCUT2D eigenvalue weighted by molar-refractivity contribution is 0.377. The van der Waals surface area contributed by atoms with Gasteiger partial charge in [-0.2, -0.15) is 0 Å². The standard InChI is InChI=1S/C21H25FN2OS/c1-15-4-8-18(9-5-15)25-13-20-24-21(3,14-26-20)10-11-23-19-12-17(22)7-6-16(19)2/h4-9,12,23H,10-11,13-14H2,1-3H3. The number of ether oxygens (including phenoxy) is 1. The lowest BCUT2D eigenvalue weighted by Gasteiger charge is -2.20. The van der Waals surface area contributed by atoms with Crippen LogP contribution >= 0.6 is 11.8 Å². The molecule has 1 heterocycles. The molecule has 1 aliphatic heterocycles. The molecule has 2 aromatic rings. The minimum Gasteiger partial charge on any atom is -0.487 e. The molecule has 1 aliphatic rings. The lowest BCUT2D eigenvalue weighted by atomic mass is 10.0. The molecule has 0 radical (unpaired) electrons. The van der Waals surface area contributed by atoms with E-state index >= 15 is 0 Å². The van der Waals surface area contributed by atoms with E-state index in [0.29, 0.717) is 6.61 Å². The monoisotopic (exact) mass is 372 g/mol. The van der Waals surface area contributed by atoms with E-state index < -0.39 is 0 Å². The highest BCUT2D eigenvalue weighted by atomic mass is 32.2. The van der Waals surface area contributed by atoms with E-state index in [1.165, 1.54) is 11.6 Å². The maximum Gasteiger partial charge on any atom is 0.136 e. The molecule has 2 aromatic carbocycles. The van der Waals surface area contributed by atoms with Crippen LogP contribution in [0.2, 0.25) is 0 Å². The van der Waals surface area contributed by atoms with Crippen molar-refractivity contribution in [2.75, 3.05) is 24.2 Å². The molecule has 1 atom stereocenters. The Morgan fingerprint density at radius 2 is 1.96 bits per heavy atom. The van der Waals surface area contributed by atoms with Crippen LogP contribution in [0.3, 0.4) is 0 Å². The zero-order valence-electron chi connectivity index (χ0n) is 15.5. The van der Waals surface area contributed by atoms with Crippen molar-refractivity contribution in [2.45, 2.75) is 32.7 Å². The van der Waals surface area contributed by atoms with Gasteiger partial charge in [0.05, 0.1) is 5.54 Å². The maximum absolute atomic E-state index is 13.4. The van der Waals surface area contributed by atoms with Crippen molar-refractivity contribution in [3.63, 3.8) is 0 Å². The summed E-state index contributed by atoms with van der Waals surface area (Å²) >= 11 is 1.76. The molecule has 1 unspecified atom stereocenters. The Balaban J connectivity index is 1.50. The molecule has 5 heteroatoms. The number of rotatable bonds is 7. The Morgan fingerprint density at radius 3 is 2.73 bits per heavy atom. The van der Waals surface area contributed by atoms with Crippen LogP contribution in [0.5, 0.6) is 5.75 Å². The number of aryl methyl sites for hydroxylation is 2. The molecular weight excluding hydrogens is 347 g/mol. The van der Waals surface area contributed by atoms with Gasteiger partial charge in [-0.3, -0.25) is 4.99 Å². The van der Waals surface area contributed by atoms with Gasteiger partial charge >= 0.3 is 0 Å². The molecule has 0 aromatic heterocycles. The van der Waals surface area contributed by atoms with Crippen molar-refractivity contribution >= 4 is 22.5 Å². The Kier molecular flexibility index (Phi) is 5.87. The molecule has 0 saturated heterocycles. The summed E-state index contributed by atoms with van der Waals surface area (Å²) in [7, 11) is 0. The zero-order valence-corrected chi connectivity index (χ0v) is 16.3. The summed E-state index contributed by atoms with van der Waals surface area (Å²) in [6, 6.07) is 12.9. The zero-order chi connectivity index (χ0) is 18.6. The first-order chi connectivity index (χ1) is 12.4. The number of nitrogens with zero attached hydrogens (tertiary/aromatic N) is 1. The van der Waals surface area contributed by atoms with E-state index in [1.54, 1.807) is 23.9 Å². The summed E-state index contributed by atoms with van der Waals surface area (Å²) < 4.78 is 19.2. The Hall–Kier alpha value is -2.01. The van der Waals surface area contributed by atoms with Crippen LogP contribution in [-0.4, -0.2) is 29.5 Å². The van der Waals surface area contributed by atoms with E-state index in [4.69, 9.17) is 9.73 Å². The summed E-state index contributed by atoms with van der Waals surface area (Å²) in [5.41, 5.74) is 3.02. The molecule has 1 N–H and O–H groups in total. The van der Waals surface area contributed by atoms with Crippen molar-refractivity contribution in [1.29, 1.82) is 0 Å². The Bertz CT molecular complexity index is 791. The summed E-state index contributed by atoms with van der Waals surface area (Å²) in [6.07, 6.45) is 0.893. The Morgan fingerprint density at radius 1 is 1.19 bits per heavy atom. The van der Waals surface area contributed by atoms with Gasteiger partial charge in [-0.15, -0.1) is 11.8 Å². The third kappa shape index (κ3) is 5.01. The number of nitrogens with one attached hydrogen (secondary N) is 1. The van der Waals surface area contributed by atoms with Gasteiger partial charge in [0.2, 0.25) is 0 Å². The molecule has 26 heavy (non-hydrogen) atoms. The topological polar surface area (TPSA) is 33.6 Å². The molecule has 0 saturated carbocycles. The molecule has 138 valence electrons. The van der Waals surface area contributed by atoms with Crippen LogP contribution in [0.4, 0.5) is 10.1 Å². The molecule has 0 amide bonds. The highest BCUT2D eigenvalue weighted by Gasteiger charge is 2.30. The third-order valence-electron chi connectivity index (χ3n) is 4.51. The highest BCUT2D eigenvalue weighted by molar-refractivity contribution is 8.14. The fourth-order valence-corrected chi connectivity index (χ4v) is 3.95. The summed E-state index contributed by atoms with van der Waals surface area (Å²) in [6.45, 7) is 7.48. The van der Waals surface area contributed by atoms with E-state index in [1.807, 2.05) is 31.2 Å². The van der Waals surface area contributed by atoms with Gasteiger partial charge < -0.3 is 10.1 Å². The van der Waals surface area contributed by atoms with Crippen LogP contribution in [0.15, 0.2) is 47.5 Å². The van der Waals surface area contributed by atoms with Crippen LogP contribution in [0.25, 0.3) is 0 Å². The van der Waals surface area contributed by atoms with Crippen molar-refractivity contribution in [1.82, 2.24) is 0 Å². The minimum atomic E-state index is -0.214. The van der Waals surface area contributed by atoms with Crippen LogP contribution in [-0.2, 0) is 0 Å². The number of hydrogen-bond donors (Lipinski definition) is 1. The summed E-state index contributed by atoms with van der Waals surface area (Å²) in [5.74, 6) is 1.61. The first-order valence-electron chi connectivity index (χ1n) is 8.85. The predicted molar refractivity (Wildman–Crippen MR) is 109 cm³/mol. The number of anilines is 1. The quantitative estimate of drug-likeness (QED) is 0.723. The second-order valence-electron chi connectivity index (χ2n) is 7.03. The average Bonchev–Trinajstić information content (AvgIpc) is 2.99. The van der Waals surface area contributed by atoms with Crippen molar-refractivity contribution in [2.24, 2.45) is 4.99 Å². The van der Waals surface area contributed by atoms with E-state index in [2.05, 4.69) is 19.2 Å². The maximum atomic E-state index is 13.4. The fraction of sp³-hybridized carbons (Fsp3) is 0.381. The number of aliphatic imine (C=N–C) groups is 1. The summed E-state index contributed by atoms with van der Waals surface area (Å²) in [5, 5.41) is 4.37. The number of benzene rings is 2. The SMILES string of the molecule is Cc1ccc(OCC2=NC(C)(CCNc3cc(F)ccc3C)CS2)cc1. The van der Waals surface area contributed by atoms with Gasteiger partial charge in [0.25, 0.3) is 0 Å². The normalized spacial score (nSPS) is 19.3. The molecule has 0 aliphatic carbocycles. The molecular formula is C21H25FN2OS. The summed E-state index contributed by atoms with van der Waals surface area (Å²) in [4.78, 5) is 4.86. The van der Waals surface area contributed by atoms with Gasteiger partial charge in [0.1, 0.15) is 23.2 Å². The van der Waals surface area contributed by atoms with E-state index in [0.717, 1.165) is 40.8 Å². The van der Waals surface area contributed by atoms with E-state index in [-0.39, 0.29) is 11.4 Å². The molecule has 3 rings (SSSR count). The van der Waals surface area contributed by atoms with Crippen LogP contribution in [0.1, 0.15) is 24.5 Å². The molecule has 0 bridgehead atoms. The predicted octanol–water partition coefficient (Wildman–Crippen LogP) is 5.23. The number of thioether (sulfide) groups is 1. The fourth-order valence-electron chi connectivity index (χ4n) is 2.84. The number of hydrogen-bond acceptors (Lipinski definition) is 4. The highest BCUT2D eigenvalue weighted by Crippen LogP contribution is 2.31. The van der Waals surface area contributed by atoms with Gasteiger partial charge in [0.15, 0.2) is 0 Å². The minimum absolute atomic E-state index is 0.106. The molecule has 0 fully saturated rings. The molecule has 3 nitrogen and oxygen atoms in total. The van der Waals surface area contributed by atoms with Crippen LogP contribution in [0, 0.1) is 19.7 Å². The van der Waals surface area contributed by atoms with Crippen LogP contribution < -0.4 is 10.1 Å². The average molecular weight is 373 g/mol. The van der Waals surface area contributed by atoms with E-state index in [9.17, 15) is 4.39 Å². The van der Waals surface area contributed by atoms with Crippen molar-refractivity contribution in [3.05, 3.63) is 59.4 Å². The van der Waals surface area contributed by atoms with Crippen molar-refractivity contribution in [3.8, 4) is 5.75 Å². The smallest absolute Gasteiger partial charge is 0.136 e. The second-order valence-corrected chi connectivity index (χ2v) is 8.08. The first kappa shape index (κ1) is 18.8. The van der Waals surface area contributed by atoms with Gasteiger partial charge in [0, 0.05) is 18.0 Å². The lowest BCUT2D eigenvalue weighted by Crippen LogP contribution is -2.26. The van der Waals surface area contributed by atoms with Crippen molar-refractivity contribution < 1.29 is 9.13 Å². The number of halogens is 1. The van der Waals surface area contributed by atoms with Gasteiger partial charge in [-0.05, 0) is 57.0 Å². The Labute approximate surface area is 159 Å². The van der Waals surface area contributed by atoms with Gasteiger partial charge in [-0.1, -0.05) is 23.8 Å². The van der Waals surface area contributed by atoms with Gasteiger partial charge in [-0.25, -0.2) is 4.39 Å². The first-order valence-corrected chi connectivity index (χ1v) is 9.83. The third-order valence-corrected chi connectivity index (χ3v) is 5.81. The molecule has 0 spiro atoms. The second kappa shape index (κ2) is 8.12.